The van der Waals surface area contributed by atoms with Crippen LogP contribution in [0.25, 0.3) is 6.08 Å². The van der Waals surface area contributed by atoms with E-state index in [0.717, 1.165) is 4.47 Å². The number of halogens is 1. The van der Waals surface area contributed by atoms with Crippen LogP contribution in [0.4, 0.5) is 5.69 Å². The van der Waals surface area contributed by atoms with Crippen molar-refractivity contribution in [2.75, 3.05) is 14.2 Å². The van der Waals surface area contributed by atoms with E-state index in [9.17, 15) is 14.9 Å². The number of methoxy groups -OCH3 is 2. The molecule has 0 saturated heterocycles. The second-order valence-corrected chi connectivity index (χ2v) is 6.28. The number of cyclic esters (lactones) is 1. The molecule has 0 bridgehead atoms. The second-order valence-electron chi connectivity index (χ2n) is 5.37. The zero-order valence-corrected chi connectivity index (χ0v) is 15.8. The molecule has 0 aromatic heterocycles. The summed E-state index contributed by atoms with van der Waals surface area (Å²) in [5.74, 6) is -0.0259. The van der Waals surface area contributed by atoms with E-state index in [1.807, 2.05) is 0 Å². The van der Waals surface area contributed by atoms with Crippen LogP contribution in [0.2, 0.25) is 0 Å². The van der Waals surface area contributed by atoms with Gasteiger partial charge in [0.15, 0.2) is 11.4 Å². The van der Waals surface area contributed by atoms with Gasteiger partial charge in [0.1, 0.15) is 5.75 Å². The third-order valence-corrected chi connectivity index (χ3v) is 4.22. The van der Waals surface area contributed by atoms with Crippen molar-refractivity contribution >= 4 is 39.6 Å². The minimum Gasteiger partial charge on any atom is -0.496 e. The van der Waals surface area contributed by atoms with Gasteiger partial charge < -0.3 is 14.2 Å². The third-order valence-electron chi connectivity index (χ3n) is 3.73. The zero-order chi connectivity index (χ0) is 19.6. The summed E-state index contributed by atoms with van der Waals surface area (Å²) >= 11 is 3.36. The maximum Gasteiger partial charge on any atom is 0.363 e. The molecule has 1 aliphatic heterocycles. The fraction of sp³-hybridized carbons (Fsp3) is 0.111. The molecule has 0 unspecified atom stereocenters. The van der Waals surface area contributed by atoms with Gasteiger partial charge in [0.2, 0.25) is 5.90 Å². The molecule has 9 heteroatoms. The molecular formula is C18H13BrN2O6. The SMILES string of the molecule is COc1ccc(Br)cc1C=C1N=C(c2ccc(OC)c([N+](=O)[O-])c2)OC1=O. The number of nitro groups is 1. The standard InChI is InChI=1S/C18H13BrN2O6/c1-25-15-6-4-12(19)7-11(15)8-13-18(22)27-17(20-13)10-3-5-16(26-2)14(9-10)21(23)24/h3-9H,1-2H3. The summed E-state index contributed by atoms with van der Waals surface area (Å²) in [5, 5.41) is 11.2. The second kappa shape index (κ2) is 7.58. The Bertz CT molecular complexity index is 999. The lowest BCUT2D eigenvalue weighted by Gasteiger charge is -2.04. The van der Waals surface area contributed by atoms with E-state index >= 15 is 0 Å². The number of hydrogen-bond acceptors (Lipinski definition) is 7. The number of aliphatic imine (C=N–C) groups is 1. The molecule has 3 rings (SSSR count). The van der Waals surface area contributed by atoms with Crippen molar-refractivity contribution in [3.8, 4) is 11.5 Å². The first-order chi connectivity index (χ1) is 12.9. The van der Waals surface area contributed by atoms with E-state index < -0.39 is 10.9 Å². The highest BCUT2D eigenvalue weighted by Gasteiger charge is 2.27. The highest BCUT2D eigenvalue weighted by atomic mass is 79.9. The first kappa shape index (κ1) is 18.6. The molecule has 138 valence electrons. The van der Waals surface area contributed by atoms with Gasteiger partial charge in [0, 0.05) is 21.7 Å². The van der Waals surface area contributed by atoms with Crippen LogP contribution in [-0.2, 0) is 9.53 Å². The number of esters is 1. The number of hydrogen-bond donors (Lipinski definition) is 0. The van der Waals surface area contributed by atoms with Gasteiger partial charge >= 0.3 is 11.7 Å². The number of ether oxygens (including phenoxy) is 3. The van der Waals surface area contributed by atoms with Gasteiger partial charge in [-0.15, -0.1) is 0 Å². The van der Waals surface area contributed by atoms with Gasteiger partial charge in [-0.3, -0.25) is 10.1 Å². The molecule has 8 nitrogen and oxygen atoms in total. The number of rotatable bonds is 5. The Balaban J connectivity index is 2.01. The van der Waals surface area contributed by atoms with Crippen LogP contribution < -0.4 is 9.47 Å². The average Bonchev–Trinajstić information content (AvgIpc) is 3.02. The predicted octanol–water partition coefficient (Wildman–Crippen LogP) is 3.72. The Morgan fingerprint density at radius 1 is 1.15 bits per heavy atom. The van der Waals surface area contributed by atoms with Crippen LogP contribution in [0.15, 0.2) is 51.6 Å². The predicted molar refractivity (Wildman–Crippen MR) is 101 cm³/mol. The van der Waals surface area contributed by atoms with E-state index in [2.05, 4.69) is 20.9 Å². The summed E-state index contributed by atoms with van der Waals surface area (Å²) in [6.07, 6.45) is 1.52. The molecule has 0 N–H and O–H groups in total. The van der Waals surface area contributed by atoms with Crippen LogP contribution in [0.5, 0.6) is 11.5 Å². The van der Waals surface area contributed by atoms with Gasteiger partial charge in [0.25, 0.3) is 0 Å². The van der Waals surface area contributed by atoms with Crippen LogP contribution >= 0.6 is 15.9 Å². The number of nitro benzene ring substituents is 1. The molecule has 0 fully saturated rings. The van der Waals surface area contributed by atoms with E-state index in [-0.39, 0.29) is 23.0 Å². The molecular weight excluding hydrogens is 420 g/mol. The lowest BCUT2D eigenvalue weighted by Crippen LogP contribution is -2.06. The van der Waals surface area contributed by atoms with Crippen molar-refractivity contribution in [1.82, 2.24) is 0 Å². The van der Waals surface area contributed by atoms with Crippen molar-refractivity contribution < 1.29 is 23.9 Å². The van der Waals surface area contributed by atoms with Crippen LogP contribution in [0.3, 0.4) is 0 Å². The van der Waals surface area contributed by atoms with Gasteiger partial charge in [-0.2, -0.15) is 0 Å². The molecule has 0 radical (unpaired) electrons. The maximum atomic E-state index is 12.2. The monoisotopic (exact) mass is 432 g/mol. The van der Waals surface area contributed by atoms with Crippen molar-refractivity contribution in [2.24, 2.45) is 4.99 Å². The van der Waals surface area contributed by atoms with Gasteiger partial charge in [-0.05, 0) is 36.4 Å². The Hall–Kier alpha value is -3.20. The van der Waals surface area contributed by atoms with Crippen molar-refractivity contribution in [2.45, 2.75) is 0 Å². The highest BCUT2D eigenvalue weighted by molar-refractivity contribution is 9.10. The summed E-state index contributed by atoms with van der Waals surface area (Å²) in [5.41, 5.74) is 0.727. The number of carbonyl (C=O) groups excluding carboxylic acids is 1. The fourth-order valence-corrected chi connectivity index (χ4v) is 2.84. The summed E-state index contributed by atoms with van der Waals surface area (Å²) in [7, 11) is 2.85. The molecule has 0 saturated carbocycles. The molecule has 0 atom stereocenters. The Morgan fingerprint density at radius 2 is 1.85 bits per heavy atom. The number of nitrogens with zero attached hydrogens (tertiary/aromatic N) is 2. The first-order valence-corrected chi connectivity index (χ1v) is 8.41. The molecule has 0 spiro atoms. The average molecular weight is 433 g/mol. The lowest BCUT2D eigenvalue weighted by molar-refractivity contribution is -0.385. The molecule has 1 heterocycles. The Labute approximate surface area is 162 Å². The van der Waals surface area contributed by atoms with E-state index in [1.165, 1.54) is 38.5 Å². The lowest BCUT2D eigenvalue weighted by atomic mass is 10.1. The minimum atomic E-state index is -0.662. The van der Waals surface area contributed by atoms with E-state index in [0.29, 0.717) is 16.9 Å². The fourth-order valence-electron chi connectivity index (χ4n) is 2.46. The number of benzene rings is 2. The van der Waals surface area contributed by atoms with Gasteiger partial charge in [0.05, 0.1) is 19.1 Å². The molecule has 0 amide bonds. The molecule has 2 aromatic rings. The number of carbonyl (C=O) groups is 1. The third kappa shape index (κ3) is 3.82. The molecule has 1 aliphatic rings. The largest absolute Gasteiger partial charge is 0.496 e. The summed E-state index contributed by atoms with van der Waals surface area (Å²) in [4.78, 5) is 26.9. The topological polar surface area (TPSA) is 100 Å². The van der Waals surface area contributed by atoms with Crippen molar-refractivity contribution in [3.05, 3.63) is 67.8 Å². The minimum absolute atomic E-state index is 0.0223. The van der Waals surface area contributed by atoms with E-state index in [1.54, 1.807) is 18.2 Å². The zero-order valence-electron chi connectivity index (χ0n) is 14.3. The molecule has 27 heavy (non-hydrogen) atoms. The van der Waals surface area contributed by atoms with Gasteiger partial charge in [-0.1, -0.05) is 15.9 Å². The molecule has 2 aromatic carbocycles. The quantitative estimate of drug-likeness (QED) is 0.309. The highest BCUT2D eigenvalue weighted by Crippen LogP contribution is 2.30. The molecule has 0 aliphatic carbocycles. The van der Waals surface area contributed by atoms with Crippen LogP contribution in [0.1, 0.15) is 11.1 Å². The van der Waals surface area contributed by atoms with Crippen molar-refractivity contribution in [3.63, 3.8) is 0 Å². The first-order valence-electron chi connectivity index (χ1n) is 7.62. The van der Waals surface area contributed by atoms with E-state index in [4.69, 9.17) is 14.2 Å². The maximum absolute atomic E-state index is 12.2. The van der Waals surface area contributed by atoms with Crippen molar-refractivity contribution in [1.29, 1.82) is 0 Å². The van der Waals surface area contributed by atoms with Crippen LogP contribution in [-0.4, -0.2) is 31.0 Å². The Kier molecular flexibility index (Phi) is 5.22. The van der Waals surface area contributed by atoms with Gasteiger partial charge in [-0.25, -0.2) is 9.79 Å². The smallest absolute Gasteiger partial charge is 0.363 e. The summed E-state index contributed by atoms with van der Waals surface area (Å²) < 4.78 is 16.2. The summed E-state index contributed by atoms with van der Waals surface area (Å²) in [6.45, 7) is 0. The Morgan fingerprint density at radius 3 is 2.52 bits per heavy atom. The normalized spacial score (nSPS) is 14.7. The van der Waals surface area contributed by atoms with Crippen LogP contribution in [0, 0.1) is 10.1 Å². The summed E-state index contributed by atoms with van der Waals surface area (Å²) in [6, 6.07) is 9.51.